The Morgan fingerprint density at radius 1 is 1.28 bits per heavy atom. The summed E-state index contributed by atoms with van der Waals surface area (Å²) in [6, 6.07) is 4.52. The maximum atomic E-state index is 13.6. The fraction of sp³-hybridized carbons (Fsp3) is 0.353. The monoisotopic (exact) mass is 364 g/mol. The summed E-state index contributed by atoms with van der Waals surface area (Å²) >= 11 is 0. The van der Waals surface area contributed by atoms with Gasteiger partial charge in [-0.3, -0.25) is 5.10 Å². The van der Waals surface area contributed by atoms with Gasteiger partial charge in [0.05, 0.1) is 11.4 Å². The van der Waals surface area contributed by atoms with Gasteiger partial charge < -0.3 is 4.98 Å². The molecular formula is C17H21FN4O2S. The summed E-state index contributed by atoms with van der Waals surface area (Å²) in [7, 11) is -3.69. The lowest BCUT2D eigenvalue weighted by atomic mass is 9.85. The number of hydrogen-bond donors (Lipinski definition) is 3. The maximum Gasteiger partial charge on any atom is 0.244 e. The van der Waals surface area contributed by atoms with Gasteiger partial charge in [-0.2, -0.15) is 5.10 Å². The van der Waals surface area contributed by atoms with Crippen LogP contribution in [0, 0.1) is 19.7 Å². The topological polar surface area (TPSA) is 90.6 Å². The number of aryl methyl sites for hydroxylation is 2. The standard InChI is InChI=1S/C17H21FN4O2S/c1-10-16(11(2)22-21-10)25(23,24)20-9-17(3,4)14-8-19-15-6-5-12(18)7-13(14)15/h5-8,19-20H,9H2,1-4H3,(H,21,22). The van der Waals surface area contributed by atoms with Crippen LogP contribution in [0.25, 0.3) is 10.9 Å². The second-order valence-corrected chi connectivity index (χ2v) is 8.57. The van der Waals surface area contributed by atoms with E-state index in [1.54, 1.807) is 26.1 Å². The average Bonchev–Trinajstić information content (AvgIpc) is 3.09. The summed E-state index contributed by atoms with van der Waals surface area (Å²) in [5.41, 5.74) is 2.05. The fourth-order valence-electron chi connectivity index (χ4n) is 3.03. The number of halogens is 1. The van der Waals surface area contributed by atoms with E-state index in [0.29, 0.717) is 11.4 Å². The molecule has 8 heteroatoms. The summed E-state index contributed by atoms with van der Waals surface area (Å²) < 4.78 is 41.5. The molecule has 3 N–H and O–H groups in total. The van der Waals surface area contributed by atoms with Crippen LogP contribution in [0.2, 0.25) is 0 Å². The minimum Gasteiger partial charge on any atom is -0.361 e. The first-order valence-electron chi connectivity index (χ1n) is 7.90. The van der Waals surface area contributed by atoms with E-state index in [1.165, 1.54) is 12.1 Å². The van der Waals surface area contributed by atoms with Gasteiger partial charge >= 0.3 is 0 Å². The molecule has 6 nitrogen and oxygen atoms in total. The molecule has 0 aliphatic carbocycles. The molecule has 25 heavy (non-hydrogen) atoms. The van der Waals surface area contributed by atoms with Gasteiger partial charge in [0.25, 0.3) is 0 Å². The van der Waals surface area contributed by atoms with Crippen LogP contribution in [0.1, 0.15) is 30.8 Å². The van der Waals surface area contributed by atoms with E-state index in [9.17, 15) is 12.8 Å². The van der Waals surface area contributed by atoms with Gasteiger partial charge in [-0.1, -0.05) is 13.8 Å². The zero-order valence-electron chi connectivity index (χ0n) is 14.6. The Morgan fingerprint density at radius 3 is 2.64 bits per heavy atom. The van der Waals surface area contributed by atoms with Gasteiger partial charge in [0.15, 0.2) is 0 Å². The number of H-pyrrole nitrogens is 2. The molecule has 0 amide bonds. The summed E-state index contributed by atoms with van der Waals surface area (Å²) in [5, 5.41) is 7.37. The molecule has 2 heterocycles. The Labute approximate surface area is 145 Å². The Morgan fingerprint density at radius 2 is 2.00 bits per heavy atom. The first-order chi connectivity index (χ1) is 11.6. The molecule has 3 aromatic rings. The predicted molar refractivity (Wildman–Crippen MR) is 94.5 cm³/mol. The maximum absolute atomic E-state index is 13.6. The summed E-state index contributed by atoms with van der Waals surface area (Å²) in [6.07, 6.45) is 1.80. The highest BCUT2D eigenvalue weighted by Crippen LogP contribution is 2.31. The van der Waals surface area contributed by atoms with Crippen molar-refractivity contribution in [3.05, 3.63) is 47.2 Å². The van der Waals surface area contributed by atoms with Crippen molar-refractivity contribution in [1.82, 2.24) is 19.9 Å². The van der Waals surface area contributed by atoms with Gasteiger partial charge in [-0.25, -0.2) is 17.5 Å². The lowest BCUT2D eigenvalue weighted by Gasteiger charge is -2.25. The van der Waals surface area contributed by atoms with Crippen molar-refractivity contribution in [2.45, 2.75) is 38.0 Å². The molecular weight excluding hydrogens is 343 g/mol. The summed E-state index contributed by atoms with van der Waals surface area (Å²) in [4.78, 5) is 3.28. The van der Waals surface area contributed by atoms with Gasteiger partial charge in [0, 0.05) is 29.1 Å². The van der Waals surface area contributed by atoms with E-state index in [2.05, 4.69) is 19.9 Å². The first-order valence-corrected chi connectivity index (χ1v) is 9.38. The van der Waals surface area contributed by atoms with Crippen LogP contribution < -0.4 is 4.72 Å². The third-order valence-electron chi connectivity index (χ3n) is 4.41. The van der Waals surface area contributed by atoms with E-state index >= 15 is 0 Å². The number of sulfonamides is 1. The highest BCUT2D eigenvalue weighted by Gasteiger charge is 2.29. The molecule has 0 aliphatic rings. The number of rotatable bonds is 5. The van der Waals surface area contributed by atoms with Crippen LogP contribution in [0.15, 0.2) is 29.3 Å². The lowest BCUT2D eigenvalue weighted by Crippen LogP contribution is -2.37. The van der Waals surface area contributed by atoms with Crippen molar-refractivity contribution in [3.63, 3.8) is 0 Å². The Balaban J connectivity index is 1.90. The van der Waals surface area contributed by atoms with Crippen molar-refractivity contribution >= 4 is 20.9 Å². The molecule has 0 aliphatic heterocycles. The number of fused-ring (bicyclic) bond motifs is 1. The highest BCUT2D eigenvalue weighted by atomic mass is 32.2. The van der Waals surface area contributed by atoms with Crippen molar-refractivity contribution in [2.75, 3.05) is 6.54 Å². The summed E-state index contributed by atoms with van der Waals surface area (Å²) in [5.74, 6) is -0.325. The second-order valence-electron chi connectivity index (χ2n) is 6.86. The van der Waals surface area contributed by atoms with Crippen LogP contribution >= 0.6 is 0 Å². The minimum absolute atomic E-state index is 0.170. The van der Waals surface area contributed by atoms with E-state index in [1.807, 2.05) is 13.8 Å². The Bertz CT molecular complexity index is 1010. The molecule has 0 fully saturated rings. The van der Waals surface area contributed by atoms with Crippen LogP contribution in [-0.2, 0) is 15.4 Å². The molecule has 3 rings (SSSR count). The first kappa shape index (κ1) is 17.6. The molecule has 2 aromatic heterocycles. The van der Waals surface area contributed by atoms with Crippen LogP contribution in [0.3, 0.4) is 0 Å². The van der Waals surface area contributed by atoms with Gasteiger partial charge in [-0.05, 0) is 37.6 Å². The number of benzene rings is 1. The summed E-state index contributed by atoms with van der Waals surface area (Å²) in [6.45, 7) is 7.31. The van der Waals surface area contributed by atoms with E-state index < -0.39 is 15.4 Å². The number of aromatic nitrogens is 3. The Hall–Kier alpha value is -2.19. The predicted octanol–water partition coefficient (Wildman–Crippen LogP) is 2.90. The number of hydrogen-bond acceptors (Lipinski definition) is 3. The number of nitrogens with one attached hydrogen (secondary N) is 3. The third-order valence-corrected chi connectivity index (χ3v) is 6.07. The fourth-order valence-corrected chi connectivity index (χ4v) is 4.61. The normalized spacial score (nSPS) is 12.8. The molecule has 0 bridgehead atoms. The number of nitrogens with zero attached hydrogens (tertiary/aromatic N) is 1. The second kappa shape index (κ2) is 5.96. The highest BCUT2D eigenvalue weighted by molar-refractivity contribution is 7.89. The van der Waals surface area contributed by atoms with Crippen molar-refractivity contribution < 1.29 is 12.8 Å². The quantitative estimate of drug-likeness (QED) is 0.650. The third kappa shape index (κ3) is 3.19. The molecule has 0 spiro atoms. The largest absolute Gasteiger partial charge is 0.361 e. The minimum atomic E-state index is -3.69. The molecule has 0 saturated carbocycles. The van der Waals surface area contributed by atoms with Crippen molar-refractivity contribution in [2.24, 2.45) is 0 Å². The zero-order chi connectivity index (χ0) is 18.4. The smallest absolute Gasteiger partial charge is 0.244 e. The lowest BCUT2D eigenvalue weighted by molar-refractivity contribution is 0.504. The zero-order valence-corrected chi connectivity index (χ0v) is 15.4. The van der Waals surface area contributed by atoms with E-state index in [4.69, 9.17) is 0 Å². The molecule has 0 atom stereocenters. The molecule has 134 valence electrons. The van der Waals surface area contributed by atoms with Crippen molar-refractivity contribution in [3.8, 4) is 0 Å². The van der Waals surface area contributed by atoms with E-state index in [-0.39, 0.29) is 17.3 Å². The molecule has 0 saturated heterocycles. The Kier molecular flexibility index (Phi) is 4.20. The van der Waals surface area contributed by atoms with Gasteiger partial charge in [-0.15, -0.1) is 0 Å². The van der Waals surface area contributed by atoms with Crippen molar-refractivity contribution in [1.29, 1.82) is 0 Å². The van der Waals surface area contributed by atoms with E-state index in [0.717, 1.165) is 16.5 Å². The van der Waals surface area contributed by atoms with Crippen LogP contribution in [-0.4, -0.2) is 30.1 Å². The SMILES string of the molecule is Cc1n[nH]c(C)c1S(=O)(=O)NCC(C)(C)c1c[nH]c2ccc(F)cc12. The number of aromatic amines is 2. The molecule has 1 aromatic carbocycles. The molecule has 0 unspecified atom stereocenters. The van der Waals surface area contributed by atoms with Crippen LogP contribution in [0.4, 0.5) is 4.39 Å². The average molecular weight is 364 g/mol. The van der Waals surface area contributed by atoms with Gasteiger partial charge in [0.1, 0.15) is 10.7 Å². The van der Waals surface area contributed by atoms with Crippen LogP contribution in [0.5, 0.6) is 0 Å². The molecule has 0 radical (unpaired) electrons. The van der Waals surface area contributed by atoms with Gasteiger partial charge in [0.2, 0.25) is 10.0 Å².